The van der Waals surface area contributed by atoms with Crippen molar-refractivity contribution < 1.29 is 27.4 Å². The maximum absolute atomic E-state index is 15.6. The summed E-state index contributed by atoms with van der Waals surface area (Å²) < 4.78 is 42.4. The first-order valence-corrected chi connectivity index (χ1v) is 11.3. The number of hydrogen-bond donors (Lipinski definition) is 0. The van der Waals surface area contributed by atoms with Crippen molar-refractivity contribution in [3.8, 4) is 17.1 Å². The lowest BCUT2D eigenvalue weighted by molar-refractivity contribution is -0.835. The molecule has 1 unspecified atom stereocenters. The minimum atomic E-state index is -1.30. The molecule has 170 valence electrons. The number of halogens is 2. The number of ether oxygens (including phenoxy) is 1. The second kappa shape index (κ2) is 7.06. The zero-order valence-corrected chi connectivity index (χ0v) is 18.8. The van der Waals surface area contributed by atoms with E-state index in [0.717, 1.165) is 11.8 Å². The van der Waals surface area contributed by atoms with Gasteiger partial charge in [-0.25, -0.2) is 18.1 Å². The van der Waals surface area contributed by atoms with Gasteiger partial charge in [0.2, 0.25) is 5.54 Å². The van der Waals surface area contributed by atoms with Crippen LogP contribution in [0.3, 0.4) is 0 Å². The molecule has 0 spiro atoms. The molecule has 2 atom stereocenters. The van der Waals surface area contributed by atoms with Crippen LogP contribution in [-0.4, -0.2) is 10.5 Å². The van der Waals surface area contributed by atoms with Crippen LogP contribution >= 0.6 is 0 Å². The van der Waals surface area contributed by atoms with Gasteiger partial charge in [-0.15, -0.1) is 0 Å². The number of aromatic nitrogens is 3. The van der Waals surface area contributed by atoms with E-state index in [9.17, 15) is 9.18 Å². The second-order valence-corrected chi connectivity index (χ2v) is 9.07. The van der Waals surface area contributed by atoms with E-state index < -0.39 is 28.7 Å². The average molecular weight is 459 g/mol. The Morgan fingerprint density at radius 2 is 1.82 bits per heavy atom. The van der Waals surface area contributed by atoms with Crippen molar-refractivity contribution in [3.05, 3.63) is 102 Å². The van der Waals surface area contributed by atoms with Crippen LogP contribution in [-0.2, 0) is 22.4 Å². The van der Waals surface area contributed by atoms with E-state index in [4.69, 9.17) is 4.74 Å². The predicted octanol–water partition coefficient (Wildman–Crippen LogP) is 4.20. The van der Waals surface area contributed by atoms with E-state index >= 15 is 4.39 Å². The van der Waals surface area contributed by atoms with E-state index in [1.54, 1.807) is 12.1 Å². The number of esters is 1. The Morgan fingerprint density at radius 3 is 2.59 bits per heavy atom. The molecule has 2 aliphatic heterocycles. The molecule has 7 heteroatoms. The summed E-state index contributed by atoms with van der Waals surface area (Å²) in [5, 5.41) is 0. The number of carbonyl (C=O) groups is 1. The molecule has 34 heavy (non-hydrogen) atoms. The lowest BCUT2D eigenvalue weighted by atomic mass is 9.69. The maximum Gasteiger partial charge on any atom is 0.404 e. The number of carbonyl (C=O) groups excluding carboxylic acids is 1. The Balaban J connectivity index is 1.75. The molecule has 0 saturated heterocycles. The molecule has 0 radical (unpaired) electrons. The van der Waals surface area contributed by atoms with Gasteiger partial charge in [0.1, 0.15) is 35.3 Å². The molecule has 5 nitrogen and oxygen atoms in total. The number of hydrogen-bond acceptors (Lipinski definition) is 2. The Bertz CT molecular complexity index is 1470. The number of imidazole rings is 1. The highest BCUT2D eigenvalue weighted by atomic mass is 19.1. The van der Waals surface area contributed by atoms with Crippen LogP contribution in [0, 0.1) is 11.6 Å². The molecule has 2 aromatic heterocycles. The summed E-state index contributed by atoms with van der Waals surface area (Å²) in [5.41, 5.74) is -0.358. The van der Waals surface area contributed by atoms with E-state index in [2.05, 4.69) is 0 Å². The topological polar surface area (TPSA) is 39.0 Å². The number of rotatable bonds is 2. The average Bonchev–Trinajstić information content (AvgIpc) is 3.24. The van der Waals surface area contributed by atoms with Gasteiger partial charge in [0, 0.05) is 23.8 Å². The Labute approximate surface area is 195 Å². The van der Waals surface area contributed by atoms with Gasteiger partial charge >= 0.3 is 5.97 Å². The van der Waals surface area contributed by atoms with Crippen LogP contribution in [0.25, 0.3) is 17.1 Å². The zero-order valence-electron chi connectivity index (χ0n) is 18.8. The highest BCUT2D eigenvalue weighted by molar-refractivity contribution is 5.86. The summed E-state index contributed by atoms with van der Waals surface area (Å²) in [6.07, 6.45) is 5.94. The van der Waals surface area contributed by atoms with Crippen LogP contribution in [0.1, 0.15) is 36.3 Å². The SMILES string of the molecule is CCC12OC(=O)c3cccc[n+]3C[C@]1(C)[n+]1ccn(-c3ccccc3)c1-c1c(F)cc(F)cc12. The van der Waals surface area contributed by atoms with Crippen molar-refractivity contribution in [3.63, 3.8) is 0 Å². The van der Waals surface area contributed by atoms with Crippen LogP contribution in [0.2, 0.25) is 0 Å². The van der Waals surface area contributed by atoms with Crippen LogP contribution in [0.5, 0.6) is 0 Å². The molecule has 4 aromatic rings. The lowest BCUT2D eigenvalue weighted by Gasteiger charge is -2.45. The normalized spacial score (nSPS) is 22.6. The third-order valence-corrected chi connectivity index (χ3v) is 7.36. The summed E-state index contributed by atoms with van der Waals surface area (Å²) in [5.74, 6) is -1.35. The Hall–Kier alpha value is -3.87. The summed E-state index contributed by atoms with van der Waals surface area (Å²) in [4.78, 5) is 13.3. The van der Waals surface area contributed by atoms with E-state index in [1.165, 1.54) is 6.07 Å². The summed E-state index contributed by atoms with van der Waals surface area (Å²) >= 11 is 0. The monoisotopic (exact) mass is 459 g/mol. The first-order chi connectivity index (χ1) is 16.4. The fourth-order valence-corrected chi connectivity index (χ4v) is 5.78. The van der Waals surface area contributed by atoms with Crippen molar-refractivity contribution in [2.45, 2.75) is 38.0 Å². The van der Waals surface area contributed by atoms with Crippen molar-refractivity contribution in [1.82, 2.24) is 4.57 Å². The van der Waals surface area contributed by atoms with Gasteiger partial charge < -0.3 is 4.74 Å². The molecule has 4 heterocycles. The number of para-hydroxylation sites is 1. The number of nitrogens with zero attached hydrogens (tertiary/aromatic N) is 3. The van der Waals surface area contributed by atoms with Crippen molar-refractivity contribution in [2.75, 3.05) is 0 Å². The van der Waals surface area contributed by atoms with Crippen molar-refractivity contribution in [1.29, 1.82) is 0 Å². The standard InChI is InChI=1S/C27H23F2N3O2/c1-3-27-20-15-18(28)16-21(29)23(20)24-31(19-9-5-4-6-10-19)13-14-32(24)26(27,2)17-30-12-8-7-11-22(30)25(33)34-27/h4-16H,3,17H2,1-2H3/q+2/t26-,27?/m0/s1. The molecule has 0 saturated carbocycles. The van der Waals surface area contributed by atoms with Crippen LogP contribution in [0.4, 0.5) is 8.78 Å². The van der Waals surface area contributed by atoms with Gasteiger partial charge in [-0.1, -0.05) is 25.1 Å². The molecular formula is C27H23F2N3O2+2. The fraction of sp³-hybridized carbons (Fsp3) is 0.222. The van der Waals surface area contributed by atoms with Gasteiger partial charge in [-0.2, -0.15) is 9.13 Å². The number of benzene rings is 2. The van der Waals surface area contributed by atoms with Crippen LogP contribution in [0.15, 0.2) is 79.3 Å². The lowest BCUT2D eigenvalue weighted by Crippen LogP contribution is -2.72. The summed E-state index contributed by atoms with van der Waals surface area (Å²) in [6.45, 7) is 4.25. The van der Waals surface area contributed by atoms with Gasteiger partial charge in [0.05, 0.1) is 0 Å². The first-order valence-electron chi connectivity index (χ1n) is 11.3. The minimum Gasteiger partial charge on any atom is -0.441 e. The summed E-state index contributed by atoms with van der Waals surface area (Å²) in [6, 6.07) is 17.2. The summed E-state index contributed by atoms with van der Waals surface area (Å²) in [7, 11) is 0. The number of pyridine rings is 1. The largest absolute Gasteiger partial charge is 0.441 e. The fourth-order valence-electron chi connectivity index (χ4n) is 5.78. The van der Waals surface area contributed by atoms with E-state index in [0.29, 0.717) is 30.0 Å². The maximum atomic E-state index is 15.6. The van der Waals surface area contributed by atoms with Crippen molar-refractivity contribution in [2.24, 2.45) is 0 Å². The molecule has 0 bridgehead atoms. The van der Waals surface area contributed by atoms with Gasteiger partial charge in [-0.3, -0.25) is 0 Å². The molecule has 0 N–H and O–H groups in total. The van der Waals surface area contributed by atoms with Gasteiger partial charge in [0.15, 0.2) is 18.3 Å². The molecular weight excluding hydrogens is 436 g/mol. The Kier molecular flexibility index (Phi) is 4.30. The Morgan fingerprint density at radius 1 is 1.06 bits per heavy atom. The van der Waals surface area contributed by atoms with Crippen molar-refractivity contribution >= 4 is 5.97 Å². The van der Waals surface area contributed by atoms with Gasteiger partial charge in [0.25, 0.3) is 11.5 Å². The second-order valence-electron chi connectivity index (χ2n) is 9.07. The number of fused-ring (bicyclic) bond motifs is 7. The van der Waals surface area contributed by atoms with E-state index in [1.807, 2.05) is 82.5 Å². The third kappa shape index (κ3) is 2.55. The quantitative estimate of drug-likeness (QED) is 0.333. The molecule has 6 rings (SSSR count). The molecule has 2 aliphatic rings. The molecule has 2 aromatic carbocycles. The zero-order chi connectivity index (χ0) is 23.7. The first kappa shape index (κ1) is 20.7. The molecule has 0 fully saturated rings. The predicted molar refractivity (Wildman–Crippen MR) is 119 cm³/mol. The minimum absolute atomic E-state index is 0.235. The third-order valence-electron chi connectivity index (χ3n) is 7.36. The highest BCUT2D eigenvalue weighted by Crippen LogP contribution is 2.51. The molecule has 0 aliphatic carbocycles. The highest BCUT2D eigenvalue weighted by Gasteiger charge is 2.66. The molecule has 0 amide bonds. The van der Waals surface area contributed by atoms with E-state index in [-0.39, 0.29) is 5.56 Å². The van der Waals surface area contributed by atoms with Gasteiger partial charge in [-0.05, 0) is 37.6 Å². The van der Waals surface area contributed by atoms with Crippen LogP contribution < -0.4 is 9.13 Å². The smallest absolute Gasteiger partial charge is 0.404 e.